The fourth-order valence-electron chi connectivity index (χ4n) is 1.44. The third-order valence-electron chi connectivity index (χ3n) is 2.29. The van der Waals surface area contributed by atoms with Gasteiger partial charge in [-0.2, -0.15) is 4.98 Å². The highest BCUT2D eigenvalue weighted by atomic mass is 35.5. The molecule has 0 unspecified atom stereocenters. The number of ether oxygens (including phenoxy) is 1. The number of carbonyl (C=O) groups is 1. The summed E-state index contributed by atoms with van der Waals surface area (Å²) in [6, 6.07) is 4.62. The fraction of sp³-hybridized carbons (Fsp3) is 0.167. The van der Waals surface area contributed by atoms with Gasteiger partial charge in [-0.25, -0.2) is 9.97 Å². The number of aryl methyl sites for hydroxylation is 1. The predicted molar refractivity (Wildman–Crippen MR) is 75.5 cm³/mol. The molecule has 0 saturated carbocycles. The first-order valence-corrected chi connectivity index (χ1v) is 6.28. The second-order valence-electron chi connectivity index (χ2n) is 3.79. The van der Waals surface area contributed by atoms with Crippen LogP contribution in [0.25, 0.3) is 0 Å². The fourth-order valence-corrected chi connectivity index (χ4v) is 1.78. The summed E-state index contributed by atoms with van der Waals surface area (Å²) in [6.07, 6.45) is 0. The van der Waals surface area contributed by atoms with Gasteiger partial charge in [0.25, 0.3) is 5.91 Å². The first-order chi connectivity index (χ1) is 9.49. The maximum atomic E-state index is 12.1. The summed E-state index contributed by atoms with van der Waals surface area (Å²) in [5.41, 5.74) is 0.653. The molecule has 0 aliphatic heterocycles. The number of amides is 1. The molecule has 0 aliphatic rings. The highest BCUT2D eigenvalue weighted by Crippen LogP contribution is 2.18. The number of hydrogen-bond acceptors (Lipinski definition) is 5. The number of carbonyl (C=O) groups excluding carboxylic acids is 1. The van der Waals surface area contributed by atoms with Gasteiger partial charge in [-0.1, -0.05) is 23.2 Å². The molecule has 0 bridgehead atoms. The molecule has 1 amide bonds. The Labute approximate surface area is 125 Å². The summed E-state index contributed by atoms with van der Waals surface area (Å²) in [4.78, 5) is 24.0. The van der Waals surface area contributed by atoms with E-state index in [0.717, 1.165) is 0 Å². The van der Waals surface area contributed by atoms with E-state index in [9.17, 15) is 4.79 Å². The van der Waals surface area contributed by atoms with Crippen molar-refractivity contribution in [3.05, 3.63) is 39.8 Å². The van der Waals surface area contributed by atoms with Crippen LogP contribution in [0, 0.1) is 6.92 Å². The van der Waals surface area contributed by atoms with Crippen LogP contribution in [0.5, 0.6) is 5.88 Å². The number of nitrogens with zero attached hydrogens (tertiary/aromatic N) is 3. The number of nitrogens with one attached hydrogen (secondary N) is 1. The molecule has 0 atom stereocenters. The van der Waals surface area contributed by atoms with E-state index in [-0.39, 0.29) is 21.8 Å². The molecule has 2 aromatic heterocycles. The Morgan fingerprint density at radius 1 is 1.25 bits per heavy atom. The van der Waals surface area contributed by atoms with Crippen molar-refractivity contribution in [3.63, 3.8) is 0 Å². The van der Waals surface area contributed by atoms with Crippen LogP contribution in [0.15, 0.2) is 18.2 Å². The van der Waals surface area contributed by atoms with E-state index >= 15 is 0 Å². The minimum absolute atomic E-state index is 0.00300. The number of aromatic nitrogens is 3. The van der Waals surface area contributed by atoms with Gasteiger partial charge in [0.05, 0.1) is 12.1 Å². The first kappa shape index (κ1) is 14.5. The van der Waals surface area contributed by atoms with Crippen molar-refractivity contribution in [2.24, 2.45) is 0 Å². The summed E-state index contributed by atoms with van der Waals surface area (Å²) < 4.78 is 5.00. The topological polar surface area (TPSA) is 77.0 Å². The number of hydrogen-bond donors (Lipinski definition) is 1. The lowest BCUT2D eigenvalue weighted by Gasteiger charge is -2.07. The Kier molecular flexibility index (Phi) is 4.36. The van der Waals surface area contributed by atoms with Gasteiger partial charge >= 0.3 is 0 Å². The summed E-state index contributed by atoms with van der Waals surface area (Å²) in [5, 5.41) is 2.85. The molecular formula is C12H10Cl2N4O2. The monoisotopic (exact) mass is 312 g/mol. The van der Waals surface area contributed by atoms with Gasteiger partial charge in [-0.05, 0) is 19.1 Å². The quantitative estimate of drug-likeness (QED) is 0.882. The highest BCUT2D eigenvalue weighted by Gasteiger charge is 2.15. The van der Waals surface area contributed by atoms with Crippen LogP contribution < -0.4 is 10.1 Å². The van der Waals surface area contributed by atoms with Crippen LogP contribution in [0.1, 0.15) is 16.2 Å². The zero-order valence-corrected chi connectivity index (χ0v) is 12.2. The number of rotatable bonds is 3. The van der Waals surface area contributed by atoms with Gasteiger partial charge in [0, 0.05) is 11.8 Å². The second-order valence-corrected chi connectivity index (χ2v) is 4.59. The van der Waals surface area contributed by atoms with Crippen LogP contribution in [-0.2, 0) is 0 Å². The normalized spacial score (nSPS) is 10.2. The van der Waals surface area contributed by atoms with E-state index in [0.29, 0.717) is 11.6 Å². The molecule has 0 saturated heterocycles. The minimum Gasteiger partial charge on any atom is -0.481 e. The largest absolute Gasteiger partial charge is 0.481 e. The Morgan fingerprint density at radius 3 is 2.70 bits per heavy atom. The molecule has 1 N–H and O–H groups in total. The van der Waals surface area contributed by atoms with E-state index in [2.05, 4.69) is 20.3 Å². The molecule has 104 valence electrons. The Hall–Kier alpha value is -1.92. The van der Waals surface area contributed by atoms with Crippen molar-refractivity contribution in [3.8, 4) is 5.88 Å². The van der Waals surface area contributed by atoms with E-state index in [4.69, 9.17) is 27.9 Å². The van der Waals surface area contributed by atoms with E-state index in [1.54, 1.807) is 13.0 Å². The average molecular weight is 313 g/mol. The lowest BCUT2D eigenvalue weighted by atomic mass is 10.3. The Bertz CT molecular complexity index is 664. The number of anilines is 1. The average Bonchev–Trinajstić information content (AvgIpc) is 2.40. The van der Waals surface area contributed by atoms with Gasteiger partial charge < -0.3 is 4.74 Å². The van der Waals surface area contributed by atoms with Gasteiger partial charge in [0.15, 0.2) is 0 Å². The molecule has 2 rings (SSSR count). The predicted octanol–water partition coefficient (Wildman–Crippen LogP) is 2.75. The summed E-state index contributed by atoms with van der Waals surface area (Å²) in [5.74, 6) is -0.104. The van der Waals surface area contributed by atoms with Crippen molar-refractivity contribution in [2.45, 2.75) is 6.92 Å². The zero-order chi connectivity index (χ0) is 14.7. The molecule has 8 heteroatoms. The van der Waals surface area contributed by atoms with Crippen LogP contribution in [0.3, 0.4) is 0 Å². The van der Waals surface area contributed by atoms with Crippen molar-refractivity contribution >= 4 is 35.1 Å². The summed E-state index contributed by atoms with van der Waals surface area (Å²) in [6.45, 7) is 1.75. The third kappa shape index (κ3) is 3.34. The van der Waals surface area contributed by atoms with Gasteiger partial charge in [-0.3, -0.25) is 10.1 Å². The van der Waals surface area contributed by atoms with E-state index in [1.807, 2.05) is 0 Å². The molecule has 0 spiro atoms. The summed E-state index contributed by atoms with van der Waals surface area (Å²) in [7, 11) is 1.47. The molecule has 0 aliphatic carbocycles. The smallest absolute Gasteiger partial charge is 0.278 e. The van der Waals surface area contributed by atoms with Crippen LogP contribution >= 0.6 is 23.2 Å². The molecule has 0 radical (unpaired) electrons. The molecule has 2 aromatic rings. The lowest BCUT2D eigenvalue weighted by Crippen LogP contribution is -2.16. The van der Waals surface area contributed by atoms with Crippen LogP contribution in [-0.4, -0.2) is 28.0 Å². The lowest BCUT2D eigenvalue weighted by molar-refractivity contribution is 0.102. The van der Waals surface area contributed by atoms with E-state index in [1.165, 1.54) is 19.2 Å². The number of halogens is 2. The maximum Gasteiger partial charge on any atom is 0.278 e. The van der Waals surface area contributed by atoms with Crippen molar-refractivity contribution < 1.29 is 9.53 Å². The second kappa shape index (κ2) is 6.02. The first-order valence-electron chi connectivity index (χ1n) is 5.52. The molecular weight excluding hydrogens is 303 g/mol. The van der Waals surface area contributed by atoms with Crippen molar-refractivity contribution in [1.29, 1.82) is 0 Å². The SMILES string of the molecule is COc1cc(C)nc(NC(=O)c2nc(Cl)ccc2Cl)n1. The van der Waals surface area contributed by atoms with Crippen LogP contribution in [0.4, 0.5) is 5.95 Å². The zero-order valence-electron chi connectivity index (χ0n) is 10.6. The molecule has 20 heavy (non-hydrogen) atoms. The van der Waals surface area contributed by atoms with Crippen molar-refractivity contribution in [1.82, 2.24) is 15.0 Å². The van der Waals surface area contributed by atoms with Gasteiger partial charge in [0.2, 0.25) is 11.8 Å². The van der Waals surface area contributed by atoms with Gasteiger partial charge in [0.1, 0.15) is 10.8 Å². The number of pyridine rings is 1. The summed E-state index contributed by atoms with van der Waals surface area (Å²) >= 11 is 11.6. The van der Waals surface area contributed by atoms with Crippen molar-refractivity contribution in [2.75, 3.05) is 12.4 Å². The van der Waals surface area contributed by atoms with Crippen LogP contribution in [0.2, 0.25) is 10.2 Å². The maximum absolute atomic E-state index is 12.1. The number of methoxy groups -OCH3 is 1. The minimum atomic E-state index is -0.551. The Balaban J connectivity index is 2.27. The highest BCUT2D eigenvalue weighted by molar-refractivity contribution is 6.35. The molecule has 6 nitrogen and oxygen atoms in total. The molecule has 2 heterocycles. The molecule has 0 aromatic carbocycles. The Morgan fingerprint density at radius 2 is 2.00 bits per heavy atom. The standard InChI is InChI=1S/C12H10Cl2N4O2/c1-6-5-9(20-2)17-12(15-6)18-11(19)10-7(13)3-4-8(14)16-10/h3-5H,1-2H3,(H,15,17,18,19). The van der Waals surface area contributed by atoms with E-state index < -0.39 is 5.91 Å². The third-order valence-corrected chi connectivity index (χ3v) is 2.81. The molecule has 0 fully saturated rings. The van der Waals surface area contributed by atoms with Gasteiger partial charge in [-0.15, -0.1) is 0 Å².